The maximum atomic E-state index is 13.1. The molecule has 2 aromatic rings. The Bertz CT molecular complexity index is 601. The predicted molar refractivity (Wildman–Crippen MR) is 69.4 cm³/mol. The zero-order valence-electron chi connectivity index (χ0n) is 10.4. The molecular weight excluding hydrogens is 291 g/mol. The van der Waals surface area contributed by atoms with Crippen molar-refractivity contribution in [1.29, 1.82) is 0 Å². The molecule has 1 N–H and O–H groups in total. The molecule has 0 fully saturated rings. The summed E-state index contributed by atoms with van der Waals surface area (Å²) >= 11 is 6.01. The number of rotatable bonds is 3. The van der Waals surface area contributed by atoms with Gasteiger partial charge in [-0.3, -0.25) is 9.97 Å². The lowest BCUT2D eigenvalue weighted by molar-refractivity contribution is -0.138. The van der Waals surface area contributed by atoms with E-state index in [-0.39, 0.29) is 5.56 Å². The van der Waals surface area contributed by atoms with Crippen molar-refractivity contribution in [2.24, 2.45) is 0 Å². The van der Waals surface area contributed by atoms with E-state index in [2.05, 4.69) is 15.3 Å². The van der Waals surface area contributed by atoms with Gasteiger partial charge in [-0.1, -0.05) is 11.6 Å². The van der Waals surface area contributed by atoms with Gasteiger partial charge in [0.1, 0.15) is 0 Å². The summed E-state index contributed by atoms with van der Waals surface area (Å²) in [6.07, 6.45) is 0.737. The van der Waals surface area contributed by atoms with E-state index < -0.39 is 17.8 Å². The van der Waals surface area contributed by atoms with E-state index in [1.54, 1.807) is 13.1 Å². The zero-order valence-corrected chi connectivity index (χ0v) is 11.2. The van der Waals surface area contributed by atoms with Gasteiger partial charge in [0.25, 0.3) is 0 Å². The van der Waals surface area contributed by atoms with Crippen LogP contribution in [0.5, 0.6) is 0 Å². The van der Waals surface area contributed by atoms with E-state index >= 15 is 0 Å². The predicted octanol–water partition coefficient (Wildman–Crippen LogP) is 3.46. The fraction of sp³-hybridized carbons (Fsp3) is 0.231. The minimum absolute atomic E-state index is 0.0237. The van der Waals surface area contributed by atoms with Gasteiger partial charge in [-0.2, -0.15) is 13.2 Å². The van der Waals surface area contributed by atoms with Gasteiger partial charge < -0.3 is 5.32 Å². The Balaban J connectivity index is 2.57. The summed E-state index contributed by atoms with van der Waals surface area (Å²) in [6, 6.07) is 1.82. The van der Waals surface area contributed by atoms with Gasteiger partial charge in [0, 0.05) is 30.4 Å². The maximum absolute atomic E-state index is 13.1. The fourth-order valence-electron chi connectivity index (χ4n) is 1.99. The Morgan fingerprint density at radius 1 is 1.10 bits per heavy atom. The molecule has 1 atom stereocenters. The molecule has 0 spiro atoms. The van der Waals surface area contributed by atoms with Crippen LogP contribution in [0.25, 0.3) is 0 Å². The van der Waals surface area contributed by atoms with Crippen LogP contribution in [0.1, 0.15) is 22.7 Å². The summed E-state index contributed by atoms with van der Waals surface area (Å²) < 4.78 is 39.2. The van der Waals surface area contributed by atoms with Crippen LogP contribution in [0.3, 0.4) is 0 Å². The van der Waals surface area contributed by atoms with Crippen LogP contribution in [0.15, 0.2) is 36.9 Å². The second-order valence-corrected chi connectivity index (χ2v) is 4.49. The van der Waals surface area contributed by atoms with Gasteiger partial charge >= 0.3 is 6.18 Å². The third-order valence-electron chi connectivity index (χ3n) is 2.87. The second-order valence-electron chi connectivity index (χ2n) is 4.08. The molecule has 0 aromatic carbocycles. The number of nitrogens with one attached hydrogen (secondary N) is 1. The first kappa shape index (κ1) is 14.7. The highest BCUT2D eigenvalue weighted by Crippen LogP contribution is 2.37. The van der Waals surface area contributed by atoms with Crippen molar-refractivity contribution in [2.75, 3.05) is 7.05 Å². The molecule has 2 rings (SSSR count). The van der Waals surface area contributed by atoms with Crippen LogP contribution in [-0.2, 0) is 6.18 Å². The molecule has 7 heteroatoms. The Hall–Kier alpha value is -1.66. The Labute approximate surface area is 118 Å². The Morgan fingerprint density at radius 3 is 2.35 bits per heavy atom. The number of pyridine rings is 2. The summed E-state index contributed by atoms with van der Waals surface area (Å²) in [7, 11) is 1.56. The van der Waals surface area contributed by atoms with Gasteiger partial charge in [0.15, 0.2) is 0 Å². The molecule has 1 unspecified atom stereocenters. The number of aromatic nitrogens is 2. The first-order valence-corrected chi connectivity index (χ1v) is 6.10. The van der Waals surface area contributed by atoms with Gasteiger partial charge in [-0.15, -0.1) is 0 Å². The van der Waals surface area contributed by atoms with Crippen LogP contribution >= 0.6 is 11.6 Å². The molecule has 0 saturated heterocycles. The smallest absolute Gasteiger partial charge is 0.309 e. The number of alkyl halides is 3. The Morgan fingerprint density at radius 2 is 1.75 bits per heavy atom. The van der Waals surface area contributed by atoms with Crippen LogP contribution in [0.4, 0.5) is 13.2 Å². The monoisotopic (exact) mass is 301 g/mol. The maximum Gasteiger partial charge on any atom is 0.416 e. The summed E-state index contributed by atoms with van der Waals surface area (Å²) in [4.78, 5) is 7.61. The van der Waals surface area contributed by atoms with Crippen LogP contribution in [-0.4, -0.2) is 17.0 Å². The average Bonchev–Trinajstić information content (AvgIpc) is 2.41. The molecule has 0 aliphatic rings. The van der Waals surface area contributed by atoms with Crippen LogP contribution < -0.4 is 5.32 Å². The lowest BCUT2D eigenvalue weighted by Gasteiger charge is -2.21. The summed E-state index contributed by atoms with van der Waals surface area (Å²) in [5.74, 6) is 0. The third-order valence-corrected chi connectivity index (χ3v) is 3.19. The lowest BCUT2D eigenvalue weighted by atomic mass is 9.96. The van der Waals surface area contributed by atoms with Crippen molar-refractivity contribution in [3.05, 3.63) is 58.6 Å². The van der Waals surface area contributed by atoms with Crippen LogP contribution in [0, 0.1) is 0 Å². The quantitative estimate of drug-likeness (QED) is 0.943. The molecule has 2 aromatic heterocycles. The molecule has 0 amide bonds. The van der Waals surface area contributed by atoms with Crippen molar-refractivity contribution in [3.8, 4) is 0 Å². The van der Waals surface area contributed by atoms with E-state index in [1.165, 1.54) is 18.6 Å². The summed E-state index contributed by atoms with van der Waals surface area (Å²) in [5, 5.41) is 3.13. The SMILES string of the molecule is CNC(c1ccncc1Cl)c1cnccc1C(F)(F)F. The van der Waals surface area contributed by atoms with E-state index in [9.17, 15) is 13.2 Å². The number of hydrogen-bond donors (Lipinski definition) is 1. The highest BCUT2D eigenvalue weighted by molar-refractivity contribution is 6.31. The molecule has 106 valence electrons. The minimum atomic E-state index is -4.45. The minimum Gasteiger partial charge on any atom is -0.309 e. The van der Waals surface area contributed by atoms with Crippen molar-refractivity contribution >= 4 is 11.6 Å². The number of nitrogens with zero attached hydrogens (tertiary/aromatic N) is 2. The highest BCUT2D eigenvalue weighted by Gasteiger charge is 2.35. The second kappa shape index (κ2) is 5.76. The van der Waals surface area contributed by atoms with Gasteiger partial charge in [0.2, 0.25) is 0 Å². The van der Waals surface area contributed by atoms with E-state index in [0.29, 0.717) is 10.6 Å². The standard InChI is InChI=1S/C13H11ClF3N3/c1-18-12(8-2-4-20-7-11(8)14)9-6-19-5-3-10(9)13(15,16)17/h2-7,12,18H,1H3. The third kappa shape index (κ3) is 2.91. The molecule has 0 radical (unpaired) electrons. The largest absolute Gasteiger partial charge is 0.416 e. The zero-order chi connectivity index (χ0) is 14.8. The van der Waals surface area contributed by atoms with E-state index in [1.807, 2.05) is 0 Å². The molecule has 0 aliphatic heterocycles. The van der Waals surface area contributed by atoms with E-state index in [4.69, 9.17) is 11.6 Å². The van der Waals surface area contributed by atoms with Crippen molar-refractivity contribution in [2.45, 2.75) is 12.2 Å². The molecule has 0 aliphatic carbocycles. The van der Waals surface area contributed by atoms with Gasteiger partial charge in [0.05, 0.1) is 16.6 Å². The topological polar surface area (TPSA) is 37.8 Å². The average molecular weight is 302 g/mol. The first-order valence-electron chi connectivity index (χ1n) is 5.73. The Kier molecular flexibility index (Phi) is 4.25. The summed E-state index contributed by atoms with van der Waals surface area (Å²) in [5.41, 5.74) is -0.196. The van der Waals surface area contributed by atoms with Crippen molar-refractivity contribution < 1.29 is 13.2 Å². The summed E-state index contributed by atoms with van der Waals surface area (Å²) in [6.45, 7) is 0. The fourth-order valence-corrected chi connectivity index (χ4v) is 2.22. The molecule has 2 heterocycles. The molecule has 0 saturated carbocycles. The number of halogens is 4. The van der Waals surface area contributed by atoms with Crippen LogP contribution in [0.2, 0.25) is 5.02 Å². The lowest BCUT2D eigenvalue weighted by Crippen LogP contribution is -2.22. The highest BCUT2D eigenvalue weighted by atomic mass is 35.5. The number of hydrogen-bond acceptors (Lipinski definition) is 3. The molecule has 3 nitrogen and oxygen atoms in total. The normalized spacial score (nSPS) is 13.2. The first-order chi connectivity index (χ1) is 9.45. The molecule has 20 heavy (non-hydrogen) atoms. The van der Waals surface area contributed by atoms with Gasteiger partial charge in [-0.25, -0.2) is 0 Å². The van der Waals surface area contributed by atoms with Crippen molar-refractivity contribution in [1.82, 2.24) is 15.3 Å². The van der Waals surface area contributed by atoms with Crippen molar-refractivity contribution in [3.63, 3.8) is 0 Å². The van der Waals surface area contributed by atoms with Gasteiger partial charge in [-0.05, 0) is 24.7 Å². The molecule has 0 bridgehead atoms. The molecular formula is C13H11ClF3N3. The van der Waals surface area contributed by atoms with E-state index in [0.717, 1.165) is 12.3 Å².